The fourth-order valence-electron chi connectivity index (χ4n) is 3.05. The third-order valence-corrected chi connectivity index (χ3v) is 4.60. The van der Waals surface area contributed by atoms with Crippen molar-refractivity contribution in [2.45, 2.75) is 39.3 Å². The van der Waals surface area contributed by atoms with Crippen molar-refractivity contribution in [3.8, 4) is 0 Å². The van der Waals surface area contributed by atoms with E-state index >= 15 is 0 Å². The Balaban J connectivity index is 1.69. The Morgan fingerprint density at radius 3 is 2.80 bits per heavy atom. The van der Waals surface area contributed by atoms with Crippen molar-refractivity contribution in [1.29, 1.82) is 0 Å². The van der Waals surface area contributed by atoms with Crippen molar-refractivity contribution < 1.29 is 4.74 Å². The first-order valence-corrected chi connectivity index (χ1v) is 9.53. The largest absolute Gasteiger partial charge is 0.376 e. The molecule has 1 saturated heterocycles. The molecule has 5 heteroatoms. The molecule has 0 radical (unpaired) electrons. The molecule has 0 aliphatic carbocycles. The lowest BCUT2D eigenvalue weighted by Gasteiger charge is -2.21. The maximum Gasteiger partial charge on any atom is 0.191 e. The zero-order valence-electron chi connectivity index (χ0n) is 16.0. The highest BCUT2D eigenvalue weighted by Crippen LogP contribution is 2.13. The third-order valence-electron chi connectivity index (χ3n) is 4.60. The second kappa shape index (κ2) is 11.1. The molecular formula is C20H34N4O. The van der Waals surface area contributed by atoms with Gasteiger partial charge >= 0.3 is 0 Å². The van der Waals surface area contributed by atoms with Crippen LogP contribution in [-0.4, -0.2) is 56.7 Å². The van der Waals surface area contributed by atoms with Gasteiger partial charge in [0, 0.05) is 25.7 Å². The first kappa shape index (κ1) is 19.7. The van der Waals surface area contributed by atoms with Gasteiger partial charge < -0.3 is 20.3 Å². The predicted molar refractivity (Wildman–Crippen MR) is 105 cm³/mol. The second-order valence-corrected chi connectivity index (χ2v) is 6.98. The minimum absolute atomic E-state index is 0.397. The monoisotopic (exact) mass is 346 g/mol. The zero-order valence-corrected chi connectivity index (χ0v) is 16.0. The molecule has 1 aliphatic rings. The molecule has 0 aromatic heterocycles. The summed E-state index contributed by atoms with van der Waals surface area (Å²) in [7, 11) is 2.20. The average molecular weight is 347 g/mol. The van der Waals surface area contributed by atoms with Crippen LogP contribution in [0.4, 0.5) is 0 Å². The predicted octanol–water partition coefficient (Wildman–Crippen LogP) is 2.49. The number of ether oxygens (including phenoxy) is 1. The number of nitrogens with one attached hydrogen (secondary N) is 2. The molecule has 2 unspecified atom stereocenters. The van der Waals surface area contributed by atoms with Crippen LogP contribution in [0.3, 0.4) is 0 Å². The molecule has 25 heavy (non-hydrogen) atoms. The van der Waals surface area contributed by atoms with Crippen LogP contribution in [0.5, 0.6) is 0 Å². The summed E-state index contributed by atoms with van der Waals surface area (Å²) in [6.07, 6.45) is 2.57. The van der Waals surface area contributed by atoms with E-state index in [9.17, 15) is 0 Å². The van der Waals surface area contributed by atoms with Gasteiger partial charge in [0.1, 0.15) is 0 Å². The minimum Gasteiger partial charge on any atom is -0.376 e. The fourth-order valence-corrected chi connectivity index (χ4v) is 3.05. The third kappa shape index (κ3) is 7.45. The topological polar surface area (TPSA) is 48.9 Å². The number of rotatable bonds is 9. The van der Waals surface area contributed by atoms with E-state index in [0.717, 1.165) is 32.2 Å². The van der Waals surface area contributed by atoms with E-state index in [4.69, 9.17) is 9.73 Å². The van der Waals surface area contributed by atoms with Crippen molar-refractivity contribution in [3.63, 3.8) is 0 Å². The van der Waals surface area contributed by atoms with Crippen LogP contribution < -0.4 is 10.6 Å². The van der Waals surface area contributed by atoms with Crippen LogP contribution in [0.15, 0.2) is 35.3 Å². The number of nitrogens with zero attached hydrogens (tertiary/aromatic N) is 2. The maximum atomic E-state index is 5.81. The number of hydrogen-bond donors (Lipinski definition) is 2. The minimum atomic E-state index is 0.397. The van der Waals surface area contributed by atoms with Crippen molar-refractivity contribution in [2.24, 2.45) is 10.9 Å². The molecule has 1 aromatic rings. The molecule has 1 aliphatic heterocycles. The summed E-state index contributed by atoms with van der Waals surface area (Å²) < 4.78 is 5.81. The maximum absolute atomic E-state index is 5.81. The smallest absolute Gasteiger partial charge is 0.191 e. The zero-order chi connectivity index (χ0) is 17.9. The summed E-state index contributed by atoms with van der Waals surface area (Å²) in [5.74, 6) is 1.31. The van der Waals surface area contributed by atoms with E-state index in [2.05, 4.69) is 48.6 Å². The van der Waals surface area contributed by atoms with Crippen molar-refractivity contribution >= 4 is 5.96 Å². The first-order valence-electron chi connectivity index (χ1n) is 9.53. The highest BCUT2D eigenvalue weighted by molar-refractivity contribution is 5.79. The van der Waals surface area contributed by atoms with Crippen LogP contribution in [0.1, 0.15) is 32.3 Å². The fraction of sp³-hybridized carbons (Fsp3) is 0.650. The normalized spacial score (nSPS) is 19.8. The van der Waals surface area contributed by atoms with Crippen LogP contribution in [0.25, 0.3) is 0 Å². The molecule has 1 heterocycles. The van der Waals surface area contributed by atoms with Gasteiger partial charge in [0.15, 0.2) is 5.96 Å². The van der Waals surface area contributed by atoms with E-state index in [1.807, 2.05) is 18.2 Å². The lowest BCUT2D eigenvalue weighted by molar-refractivity contribution is 0.0945. The summed E-state index contributed by atoms with van der Waals surface area (Å²) in [5, 5.41) is 6.82. The molecule has 1 aromatic carbocycles. The first-order chi connectivity index (χ1) is 12.2. The van der Waals surface area contributed by atoms with Gasteiger partial charge in [-0.25, -0.2) is 0 Å². The lowest BCUT2D eigenvalue weighted by Crippen LogP contribution is -2.44. The summed E-state index contributed by atoms with van der Waals surface area (Å²) in [4.78, 5) is 7.15. The Morgan fingerprint density at radius 1 is 1.32 bits per heavy atom. The Kier molecular flexibility index (Phi) is 8.77. The molecule has 140 valence electrons. The average Bonchev–Trinajstić information content (AvgIpc) is 3.03. The van der Waals surface area contributed by atoms with E-state index in [-0.39, 0.29) is 0 Å². The second-order valence-electron chi connectivity index (χ2n) is 6.98. The molecule has 1 fully saturated rings. The molecule has 2 atom stereocenters. The molecule has 0 spiro atoms. The summed E-state index contributed by atoms with van der Waals surface area (Å²) >= 11 is 0. The standard InChI is InChI=1S/C20H34N4O/c1-4-21-20(23-14-19-11-8-12-24(19)3)22-13-17(2)15-25-16-18-9-6-5-7-10-18/h5-7,9-10,17,19H,4,8,11-16H2,1-3H3,(H2,21,22,23). The number of likely N-dealkylation sites (tertiary alicyclic amines) is 1. The molecule has 0 amide bonds. The highest BCUT2D eigenvalue weighted by Gasteiger charge is 2.20. The Morgan fingerprint density at radius 2 is 2.12 bits per heavy atom. The number of benzene rings is 1. The molecule has 5 nitrogen and oxygen atoms in total. The molecular weight excluding hydrogens is 312 g/mol. The SMILES string of the molecule is CCNC(=NCC(C)COCc1ccccc1)NCC1CCCN1C. The summed E-state index contributed by atoms with van der Waals surface area (Å²) in [6.45, 7) is 9.49. The highest BCUT2D eigenvalue weighted by atomic mass is 16.5. The number of guanidine groups is 1. The lowest BCUT2D eigenvalue weighted by atomic mass is 10.2. The number of aliphatic imine (C=N–C) groups is 1. The van der Waals surface area contributed by atoms with Crippen molar-refractivity contribution in [1.82, 2.24) is 15.5 Å². The summed E-state index contributed by atoms with van der Waals surface area (Å²) in [6, 6.07) is 10.9. The van der Waals surface area contributed by atoms with Crippen LogP contribution in [0, 0.1) is 5.92 Å². The molecule has 2 N–H and O–H groups in total. The van der Waals surface area contributed by atoms with E-state index < -0.39 is 0 Å². The van der Waals surface area contributed by atoms with Gasteiger partial charge in [0.2, 0.25) is 0 Å². The number of likely N-dealkylation sites (N-methyl/N-ethyl adjacent to an activating group) is 1. The quantitative estimate of drug-likeness (QED) is 0.533. The van der Waals surface area contributed by atoms with E-state index in [1.165, 1.54) is 24.9 Å². The Bertz CT molecular complexity index is 506. The van der Waals surface area contributed by atoms with Gasteiger partial charge in [-0.1, -0.05) is 37.3 Å². The van der Waals surface area contributed by atoms with Gasteiger partial charge in [0.25, 0.3) is 0 Å². The Labute approximate surface area is 152 Å². The van der Waals surface area contributed by atoms with Gasteiger partial charge in [-0.3, -0.25) is 4.99 Å². The van der Waals surface area contributed by atoms with Crippen molar-refractivity contribution in [2.75, 3.05) is 39.8 Å². The summed E-state index contributed by atoms with van der Waals surface area (Å²) in [5.41, 5.74) is 1.22. The van der Waals surface area contributed by atoms with Gasteiger partial charge in [0.05, 0.1) is 13.2 Å². The molecule has 0 saturated carbocycles. The van der Waals surface area contributed by atoms with Gasteiger partial charge in [-0.05, 0) is 44.8 Å². The van der Waals surface area contributed by atoms with Crippen molar-refractivity contribution in [3.05, 3.63) is 35.9 Å². The van der Waals surface area contributed by atoms with Gasteiger partial charge in [-0.2, -0.15) is 0 Å². The van der Waals surface area contributed by atoms with E-state index in [1.54, 1.807) is 0 Å². The van der Waals surface area contributed by atoms with E-state index in [0.29, 0.717) is 18.6 Å². The van der Waals surface area contributed by atoms with Gasteiger partial charge in [-0.15, -0.1) is 0 Å². The van der Waals surface area contributed by atoms with Crippen LogP contribution in [0.2, 0.25) is 0 Å². The van der Waals surface area contributed by atoms with Crippen LogP contribution >= 0.6 is 0 Å². The Hall–Kier alpha value is -1.59. The number of hydrogen-bond acceptors (Lipinski definition) is 3. The molecule has 2 rings (SSSR count). The van der Waals surface area contributed by atoms with Crippen LogP contribution in [-0.2, 0) is 11.3 Å². The molecule has 0 bridgehead atoms.